The van der Waals surface area contributed by atoms with E-state index in [2.05, 4.69) is 18.7 Å². The van der Waals surface area contributed by atoms with Gasteiger partial charge in [-0.1, -0.05) is 0 Å². The van der Waals surface area contributed by atoms with E-state index in [9.17, 15) is 0 Å². The molecule has 84 valence electrons. The van der Waals surface area contributed by atoms with Gasteiger partial charge in [-0.25, -0.2) is 0 Å². The van der Waals surface area contributed by atoms with Gasteiger partial charge in [-0.3, -0.25) is 4.90 Å². The molecule has 3 heteroatoms. The largest absolute Gasteiger partial charge is 0.379 e. The van der Waals surface area contributed by atoms with Crippen LogP contribution in [0, 0.1) is 5.92 Å². The standard InChI is InChI=1S/C11H22ClNO/c1-10(2)13(9-11-3-4-11)6-8-14-7-5-12/h10-11H,3-9H2,1-2H3. The highest BCUT2D eigenvalue weighted by atomic mass is 35.5. The summed E-state index contributed by atoms with van der Waals surface area (Å²) in [6, 6.07) is 0.634. The van der Waals surface area contributed by atoms with Crippen molar-refractivity contribution in [1.82, 2.24) is 4.90 Å². The molecular weight excluding hydrogens is 198 g/mol. The molecular formula is C11H22ClNO. The number of hydrogen-bond acceptors (Lipinski definition) is 2. The van der Waals surface area contributed by atoms with Gasteiger partial charge in [0.25, 0.3) is 0 Å². The van der Waals surface area contributed by atoms with Crippen molar-refractivity contribution in [1.29, 1.82) is 0 Å². The van der Waals surface area contributed by atoms with E-state index in [4.69, 9.17) is 16.3 Å². The lowest BCUT2D eigenvalue weighted by molar-refractivity contribution is 0.0995. The van der Waals surface area contributed by atoms with Crippen LogP contribution in [0.2, 0.25) is 0 Å². The third-order valence-electron chi connectivity index (χ3n) is 2.66. The van der Waals surface area contributed by atoms with Crippen molar-refractivity contribution in [2.24, 2.45) is 5.92 Å². The monoisotopic (exact) mass is 219 g/mol. The maximum absolute atomic E-state index is 5.54. The molecule has 0 radical (unpaired) electrons. The molecule has 0 N–H and O–H groups in total. The van der Waals surface area contributed by atoms with E-state index in [0.29, 0.717) is 18.5 Å². The zero-order valence-electron chi connectivity index (χ0n) is 9.34. The van der Waals surface area contributed by atoms with Gasteiger partial charge in [0, 0.05) is 25.0 Å². The maximum Gasteiger partial charge on any atom is 0.0602 e. The molecule has 0 saturated heterocycles. The third kappa shape index (κ3) is 5.18. The zero-order valence-corrected chi connectivity index (χ0v) is 10.1. The second kappa shape index (κ2) is 6.65. The van der Waals surface area contributed by atoms with E-state index in [1.807, 2.05) is 0 Å². The summed E-state index contributed by atoms with van der Waals surface area (Å²) < 4.78 is 5.39. The van der Waals surface area contributed by atoms with Gasteiger partial charge in [-0.05, 0) is 32.6 Å². The molecule has 0 aromatic heterocycles. The van der Waals surface area contributed by atoms with Gasteiger partial charge >= 0.3 is 0 Å². The normalized spacial score (nSPS) is 16.9. The predicted octanol–water partition coefficient (Wildman–Crippen LogP) is 2.36. The highest BCUT2D eigenvalue weighted by Crippen LogP contribution is 2.30. The van der Waals surface area contributed by atoms with Crippen LogP contribution in [0.25, 0.3) is 0 Å². The Bertz CT molecular complexity index is 148. The minimum atomic E-state index is 0.601. The second-order valence-corrected chi connectivity index (χ2v) is 4.71. The van der Waals surface area contributed by atoms with Gasteiger partial charge in [0.2, 0.25) is 0 Å². The van der Waals surface area contributed by atoms with Crippen LogP contribution >= 0.6 is 11.6 Å². The lowest BCUT2D eigenvalue weighted by Crippen LogP contribution is -2.35. The van der Waals surface area contributed by atoms with E-state index in [-0.39, 0.29) is 0 Å². The predicted molar refractivity (Wildman–Crippen MR) is 61.0 cm³/mol. The zero-order chi connectivity index (χ0) is 10.4. The SMILES string of the molecule is CC(C)N(CCOCCCl)CC1CC1. The first-order chi connectivity index (χ1) is 6.74. The van der Waals surface area contributed by atoms with Crippen molar-refractivity contribution in [2.45, 2.75) is 32.7 Å². The summed E-state index contributed by atoms with van der Waals surface area (Å²) >= 11 is 5.54. The Kier molecular flexibility index (Phi) is 5.83. The van der Waals surface area contributed by atoms with Crippen molar-refractivity contribution < 1.29 is 4.74 Å². The fraction of sp³-hybridized carbons (Fsp3) is 1.00. The average molecular weight is 220 g/mol. The molecule has 0 aromatic carbocycles. The summed E-state index contributed by atoms with van der Waals surface area (Å²) in [5, 5.41) is 0. The fourth-order valence-corrected chi connectivity index (χ4v) is 1.64. The van der Waals surface area contributed by atoms with Crippen LogP contribution in [0.3, 0.4) is 0 Å². The molecule has 0 heterocycles. The van der Waals surface area contributed by atoms with Gasteiger partial charge in [-0.2, -0.15) is 0 Å². The number of ether oxygens (including phenoxy) is 1. The minimum Gasteiger partial charge on any atom is -0.379 e. The Morgan fingerprint density at radius 1 is 1.36 bits per heavy atom. The topological polar surface area (TPSA) is 12.5 Å². The minimum absolute atomic E-state index is 0.601. The van der Waals surface area contributed by atoms with Crippen LogP contribution in [-0.4, -0.2) is 43.1 Å². The molecule has 0 aromatic rings. The number of nitrogens with zero attached hydrogens (tertiary/aromatic N) is 1. The molecule has 1 saturated carbocycles. The van der Waals surface area contributed by atoms with Crippen molar-refractivity contribution in [3.63, 3.8) is 0 Å². The Balaban J connectivity index is 2.07. The first-order valence-electron chi connectivity index (χ1n) is 5.61. The molecule has 0 aliphatic heterocycles. The molecule has 0 unspecified atom stereocenters. The van der Waals surface area contributed by atoms with Crippen LogP contribution < -0.4 is 0 Å². The van der Waals surface area contributed by atoms with Gasteiger partial charge < -0.3 is 4.74 Å². The van der Waals surface area contributed by atoms with E-state index < -0.39 is 0 Å². The highest BCUT2D eigenvalue weighted by molar-refractivity contribution is 6.17. The van der Waals surface area contributed by atoms with E-state index >= 15 is 0 Å². The van der Waals surface area contributed by atoms with Crippen LogP contribution in [0.15, 0.2) is 0 Å². The van der Waals surface area contributed by atoms with Gasteiger partial charge in [0.15, 0.2) is 0 Å². The third-order valence-corrected chi connectivity index (χ3v) is 2.82. The molecule has 0 bridgehead atoms. The Morgan fingerprint density at radius 3 is 2.57 bits per heavy atom. The van der Waals surface area contributed by atoms with Crippen LogP contribution in [0.4, 0.5) is 0 Å². The molecule has 1 fully saturated rings. The Hall–Kier alpha value is 0.210. The van der Waals surface area contributed by atoms with E-state index in [1.54, 1.807) is 0 Å². The molecule has 0 spiro atoms. The number of alkyl halides is 1. The quantitative estimate of drug-likeness (QED) is 0.459. The maximum atomic E-state index is 5.54. The number of rotatable bonds is 8. The molecule has 1 aliphatic rings. The molecule has 1 aliphatic carbocycles. The van der Waals surface area contributed by atoms with Gasteiger partial charge in [0.05, 0.1) is 13.2 Å². The highest BCUT2D eigenvalue weighted by Gasteiger charge is 2.25. The van der Waals surface area contributed by atoms with Gasteiger partial charge in [-0.15, -0.1) is 11.6 Å². The fourth-order valence-electron chi connectivity index (χ4n) is 1.53. The lowest BCUT2D eigenvalue weighted by Gasteiger charge is -2.26. The Morgan fingerprint density at radius 2 is 2.07 bits per heavy atom. The molecule has 2 nitrogen and oxygen atoms in total. The van der Waals surface area contributed by atoms with Crippen LogP contribution in [-0.2, 0) is 4.74 Å². The molecule has 0 amide bonds. The smallest absolute Gasteiger partial charge is 0.0602 e. The van der Waals surface area contributed by atoms with E-state index in [0.717, 1.165) is 19.1 Å². The number of halogens is 1. The summed E-state index contributed by atoms with van der Waals surface area (Å²) in [5.41, 5.74) is 0. The second-order valence-electron chi connectivity index (χ2n) is 4.33. The molecule has 14 heavy (non-hydrogen) atoms. The van der Waals surface area contributed by atoms with Crippen molar-refractivity contribution >= 4 is 11.6 Å². The van der Waals surface area contributed by atoms with Crippen molar-refractivity contribution in [3.8, 4) is 0 Å². The molecule has 1 rings (SSSR count). The van der Waals surface area contributed by atoms with E-state index in [1.165, 1.54) is 19.4 Å². The lowest BCUT2D eigenvalue weighted by atomic mass is 10.3. The first kappa shape index (κ1) is 12.3. The summed E-state index contributed by atoms with van der Waals surface area (Å²) in [7, 11) is 0. The summed E-state index contributed by atoms with van der Waals surface area (Å²) in [4.78, 5) is 2.51. The summed E-state index contributed by atoms with van der Waals surface area (Å²) in [5.74, 6) is 1.56. The summed E-state index contributed by atoms with van der Waals surface area (Å²) in [6.45, 7) is 8.30. The van der Waals surface area contributed by atoms with Crippen molar-refractivity contribution in [2.75, 3.05) is 32.2 Å². The number of hydrogen-bond donors (Lipinski definition) is 0. The van der Waals surface area contributed by atoms with Crippen LogP contribution in [0.5, 0.6) is 0 Å². The first-order valence-corrected chi connectivity index (χ1v) is 6.15. The average Bonchev–Trinajstić information content (AvgIpc) is 2.93. The Labute approximate surface area is 92.6 Å². The van der Waals surface area contributed by atoms with Crippen molar-refractivity contribution in [3.05, 3.63) is 0 Å². The summed E-state index contributed by atoms with van der Waals surface area (Å²) in [6.07, 6.45) is 2.84. The molecule has 0 atom stereocenters. The van der Waals surface area contributed by atoms with Gasteiger partial charge in [0.1, 0.15) is 0 Å². The van der Waals surface area contributed by atoms with Crippen LogP contribution in [0.1, 0.15) is 26.7 Å².